The van der Waals surface area contributed by atoms with Crippen molar-refractivity contribution in [2.75, 3.05) is 13.2 Å². The third-order valence-corrected chi connectivity index (χ3v) is 10.2. The van der Waals surface area contributed by atoms with Crippen molar-refractivity contribution in [2.24, 2.45) is 33.7 Å². The molecule has 4 aliphatic rings. The summed E-state index contributed by atoms with van der Waals surface area (Å²) in [6.45, 7) is 7.16. The van der Waals surface area contributed by atoms with Gasteiger partial charge in [0.2, 0.25) is 0 Å². The van der Waals surface area contributed by atoms with E-state index in [2.05, 4.69) is 43.4 Å². The zero-order valence-electron chi connectivity index (χ0n) is 21.8. The molecule has 0 aromatic heterocycles. The van der Waals surface area contributed by atoms with Crippen LogP contribution in [0.15, 0.2) is 53.2 Å². The number of allylic oxidation sites excluding steroid dienone is 4. The van der Waals surface area contributed by atoms with Gasteiger partial charge in [0.1, 0.15) is 11.5 Å². The number of nitrogens with zero attached hydrogens (tertiary/aromatic N) is 1. The smallest absolute Gasteiger partial charge is 0.260 e. The highest BCUT2D eigenvalue weighted by molar-refractivity contribution is 6.05. The van der Waals surface area contributed by atoms with Crippen molar-refractivity contribution < 1.29 is 19.8 Å². The summed E-state index contributed by atoms with van der Waals surface area (Å²) in [5.74, 6) is 1.89. The van der Waals surface area contributed by atoms with E-state index in [0.717, 1.165) is 43.4 Å². The number of rotatable bonds is 6. The molecular formula is C30H40N2O4. The van der Waals surface area contributed by atoms with Gasteiger partial charge < -0.3 is 20.4 Å². The Balaban J connectivity index is 1.15. The summed E-state index contributed by atoms with van der Waals surface area (Å²) in [5.41, 5.74) is 2.75. The second-order valence-corrected chi connectivity index (χ2v) is 12.0. The van der Waals surface area contributed by atoms with Crippen LogP contribution < -0.4 is 5.32 Å². The number of hydrogen-bond donors (Lipinski definition) is 3. The van der Waals surface area contributed by atoms with E-state index in [1.807, 2.05) is 18.2 Å². The summed E-state index contributed by atoms with van der Waals surface area (Å²) in [7, 11) is 0. The fourth-order valence-corrected chi connectivity index (χ4v) is 7.73. The third kappa shape index (κ3) is 4.38. The summed E-state index contributed by atoms with van der Waals surface area (Å²) < 4.78 is 0. The lowest BCUT2D eigenvalue weighted by molar-refractivity contribution is -0.125. The van der Waals surface area contributed by atoms with Crippen LogP contribution in [0.3, 0.4) is 0 Å². The quantitative estimate of drug-likeness (QED) is 0.492. The Morgan fingerprint density at radius 3 is 2.64 bits per heavy atom. The number of amides is 1. The molecule has 3 N–H and O–H groups in total. The van der Waals surface area contributed by atoms with Crippen LogP contribution in [0.1, 0.15) is 64.9 Å². The van der Waals surface area contributed by atoms with Gasteiger partial charge in [0, 0.05) is 12.0 Å². The van der Waals surface area contributed by atoms with Crippen molar-refractivity contribution in [1.82, 2.24) is 5.32 Å². The zero-order chi connectivity index (χ0) is 25.6. The van der Waals surface area contributed by atoms with E-state index in [9.17, 15) is 15.0 Å². The Labute approximate surface area is 214 Å². The lowest BCUT2D eigenvalue weighted by Crippen LogP contribution is -2.53. The molecule has 194 valence electrons. The van der Waals surface area contributed by atoms with Gasteiger partial charge in [0.25, 0.3) is 5.91 Å². The zero-order valence-corrected chi connectivity index (χ0v) is 21.8. The maximum Gasteiger partial charge on any atom is 0.260 e. The van der Waals surface area contributed by atoms with Gasteiger partial charge in [-0.05, 0) is 105 Å². The molecule has 0 saturated heterocycles. The SMILES string of the molecule is C[C@]12C=CC(=NOCC(=O)NCCc3ccc(O)cc3)C=C1CC[C@@H]1[C@H]2CC[C@@]2(C)[C@H]1CC[C@]2(C)O. The van der Waals surface area contributed by atoms with Gasteiger partial charge in [-0.15, -0.1) is 0 Å². The van der Waals surface area contributed by atoms with Crippen molar-refractivity contribution in [2.45, 2.75) is 71.3 Å². The highest BCUT2D eigenvalue weighted by atomic mass is 16.6. The van der Waals surface area contributed by atoms with Crippen LogP contribution in [0, 0.1) is 28.6 Å². The van der Waals surface area contributed by atoms with E-state index < -0.39 is 5.60 Å². The molecule has 36 heavy (non-hydrogen) atoms. The summed E-state index contributed by atoms with van der Waals surface area (Å²) in [6, 6.07) is 6.98. The van der Waals surface area contributed by atoms with Crippen molar-refractivity contribution >= 4 is 11.6 Å². The molecule has 5 rings (SSSR count). The summed E-state index contributed by atoms with van der Waals surface area (Å²) in [6.07, 6.45) is 13.7. The largest absolute Gasteiger partial charge is 0.508 e. The predicted octanol–water partition coefficient (Wildman–Crippen LogP) is 4.91. The summed E-state index contributed by atoms with van der Waals surface area (Å²) in [4.78, 5) is 17.5. The highest BCUT2D eigenvalue weighted by Crippen LogP contribution is 2.66. The maximum absolute atomic E-state index is 12.1. The molecule has 6 nitrogen and oxygen atoms in total. The molecule has 0 spiro atoms. The molecule has 3 fully saturated rings. The van der Waals surface area contributed by atoms with E-state index in [1.165, 1.54) is 12.0 Å². The number of aromatic hydroxyl groups is 1. The molecule has 6 atom stereocenters. The van der Waals surface area contributed by atoms with Crippen LogP contribution in [-0.2, 0) is 16.1 Å². The van der Waals surface area contributed by atoms with Crippen LogP contribution >= 0.6 is 0 Å². The fraction of sp³-hybridized carbons (Fsp3) is 0.600. The lowest BCUT2D eigenvalue weighted by atomic mass is 9.47. The van der Waals surface area contributed by atoms with Crippen molar-refractivity contribution in [3.63, 3.8) is 0 Å². The van der Waals surface area contributed by atoms with Gasteiger partial charge in [-0.25, -0.2) is 0 Å². The number of phenolic OH excluding ortho intramolecular Hbond substituents is 1. The van der Waals surface area contributed by atoms with Crippen LogP contribution in [0.5, 0.6) is 5.75 Å². The second-order valence-electron chi connectivity index (χ2n) is 12.0. The first kappa shape index (κ1) is 25.1. The Morgan fingerprint density at radius 1 is 1.11 bits per heavy atom. The van der Waals surface area contributed by atoms with Crippen LogP contribution in [-0.4, -0.2) is 40.6 Å². The Morgan fingerprint density at radius 2 is 1.86 bits per heavy atom. The minimum Gasteiger partial charge on any atom is -0.508 e. The van der Waals surface area contributed by atoms with E-state index in [1.54, 1.807) is 12.1 Å². The first-order chi connectivity index (χ1) is 17.1. The number of fused-ring (bicyclic) bond motifs is 5. The summed E-state index contributed by atoms with van der Waals surface area (Å²) >= 11 is 0. The molecule has 0 heterocycles. The monoisotopic (exact) mass is 492 g/mol. The van der Waals surface area contributed by atoms with Crippen LogP contribution in [0.25, 0.3) is 0 Å². The molecule has 0 radical (unpaired) electrons. The molecule has 1 aromatic carbocycles. The van der Waals surface area contributed by atoms with E-state index in [-0.39, 0.29) is 29.1 Å². The van der Waals surface area contributed by atoms with Gasteiger partial charge in [-0.2, -0.15) is 0 Å². The molecule has 1 aromatic rings. The Kier molecular flexibility index (Phi) is 6.52. The standard InChI is InChI=1S/C30H40N2O4/c1-28-14-10-22(32-36-19-27(34)31-17-13-20-4-7-23(33)8-5-20)18-21(28)6-9-24-25(28)11-15-29(2)26(24)12-16-30(29,3)35/h4-5,7-8,10,14,18,24-26,33,35H,6,9,11-13,15-17,19H2,1-3H3,(H,31,34)/t24-,25-,26+,28+,29+,30+/m1/s1. The van der Waals surface area contributed by atoms with E-state index >= 15 is 0 Å². The second kappa shape index (κ2) is 9.37. The number of oxime groups is 1. The topological polar surface area (TPSA) is 91.2 Å². The molecule has 6 heteroatoms. The van der Waals surface area contributed by atoms with Gasteiger partial charge >= 0.3 is 0 Å². The number of hydrogen-bond acceptors (Lipinski definition) is 5. The normalized spacial score (nSPS) is 38.1. The maximum atomic E-state index is 12.1. The van der Waals surface area contributed by atoms with Gasteiger partial charge in [-0.3, -0.25) is 4.79 Å². The molecule has 3 saturated carbocycles. The number of benzene rings is 1. The first-order valence-electron chi connectivity index (χ1n) is 13.5. The number of nitrogens with one attached hydrogen (secondary N) is 1. The van der Waals surface area contributed by atoms with Gasteiger partial charge in [0.15, 0.2) is 6.61 Å². The molecule has 0 aliphatic heterocycles. The highest BCUT2D eigenvalue weighted by Gasteiger charge is 2.61. The third-order valence-electron chi connectivity index (χ3n) is 10.2. The average Bonchev–Trinajstić information content (AvgIpc) is 3.09. The van der Waals surface area contributed by atoms with Gasteiger partial charge in [-0.1, -0.05) is 42.8 Å². The Hall–Kier alpha value is -2.60. The number of carbonyl (C=O) groups is 1. The molecule has 4 aliphatic carbocycles. The summed E-state index contributed by atoms with van der Waals surface area (Å²) in [5, 5.41) is 27.5. The van der Waals surface area contributed by atoms with Crippen molar-refractivity contribution in [3.8, 4) is 5.75 Å². The molecule has 0 bridgehead atoms. The van der Waals surface area contributed by atoms with Crippen LogP contribution in [0.4, 0.5) is 0 Å². The number of carbonyl (C=O) groups excluding carboxylic acids is 1. The minimum atomic E-state index is -0.545. The molecule has 0 unspecified atom stereocenters. The number of aliphatic hydroxyl groups is 1. The molecular weight excluding hydrogens is 452 g/mol. The van der Waals surface area contributed by atoms with Gasteiger partial charge in [0.05, 0.1) is 5.60 Å². The van der Waals surface area contributed by atoms with E-state index in [4.69, 9.17) is 4.84 Å². The van der Waals surface area contributed by atoms with Crippen LogP contribution in [0.2, 0.25) is 0 Å². The minimum absolute atomic E-state index is 0.0311. The first-order valence-corrected chi connectivity index (χ1v) is 13.5. The average molecular weight is 493 g/mol. The fourth-order valence-electron chi connectivity index (χ4n) is 7.73. The lowest BCUT2D eigenvalue weighted by Gasteiger charge is -2.58. The van der Waals surface area contributed by atoms with Crippen molar-refractivity contribution in [3.05, 3.63) is 53.6 Å². The molecule has 1 amide bonds. The van der Waals surface area contributed by atoms with E-state index in [0.29, 0.717) is 30.7 Å². The Bertz CT molecular complexity index is 1090. The van der Waals surface area contributed by atoms with Crippen molar-refractivity contribution in [1.29, 1.82) is 0 Å². The predicted molar refractivity (Wildman–Crippen MR) is 140 cm³/mol. The number of phenols is 1.